The molecule has 1 aromatic heterocycles. The van der Waals surface area contributed by atoms with Crippen LogP contribution in [-0.2, 0) is 16.1 Å². The quantitative estimate of drug-likeness (QED) is 0.631. The fraction of sp³-hybridized carbons (Fsp3) is 0.538. The Morgan fingerprint density at radius 1 is 1.18 bits per heavy atom. The van der Waals surface area contributed by atoms with E-state index >= 15 is 0 Å². The highest BCUT2D eigenvalue weighted by Crippen LogP contribution is 2.26. The number of aromatic nitrogens is 1. The first-order chi connectivity index (χ1) is 16.2. The minimum Gasteiger partial charge on any atom is -0.489 e. The van der Waals surface area contributed by atoms with Crippen molar-refractivity contribution in [2.75, 3.05) is 45.9 Å². The van der Waals surface area contributed by atoms with Gasteiger partial charge in [0, 0.05) is 44.5 Å². The first-order valence-corrected chi connectivity index (χ1v) is 12.2. The second-order valence-corrected chi connectivity index (χ2v) is 8.88. The molecule has 0 radical (unpaired) electrons. The van der Waals surface area contributed by atoms with E-state index in [9.17, 15) is 4.79 Å². The molecule has 0 aliphatic carbocycles. The molecule has 1 N–H and O–H groups in total. The average Bonchev–Trinajstić information content (AvgIpc) is 3.02. The molecule has 7 nitrogen and oxygen atoms in total. The van der Waals surface area contributed by atoms with Crippen LogP contribution in [0.2, 0.25) is 0 Å². The third-order valence-electron chi connectivity index (χ3n) is 6.38. The number of amides is 1. The van der Waals surface area contributed by atoms with Gasteiger partial charge in [-0.25, -0.2) is 0 Å². The zero-order chi connectivity index (χ0) is 22.9. The lowest BCUT2D eigenvalue weighted by Gasteiger charge is -2.34. The summed E-state index contributed by atoms with van der Waals surface area (Å²) in [5, 5.41) is 3.18. The summed E-state index contributed by atoms with van der Waals surface area (Å²) >= 11 is 0. The van der Waals surface area contributed by atoms with E-state index in [1.807, 2.05) is 42.6 Å². The maximum atomic E-state index is 13.0. The van der Waals surface area contributed by atoms with Gasteiger partial charge in [-0.3, -0.25) is 19.6 Å². The SMILES string of the molecule is CCCC[C@@H]1CN(CC(=O)NC[C@H](c2ccccn2)N2CCOCC2)Cc2ccccc2O1. The van der Waals surface area contributed by atoms with E-state index in [1.165, 1.54) is 0 Å². The largest absolute Gasteiger partial charge is 0.489 e. The fourth-order valence-electron chi connectivity index (χ4n) is 4.61. The lowest BCUT2D eigenvalue weighted by atomic mass is 10.1. The van der Waals surface area contributed by atoms with Crippen molar-refractivity contribution in [1.82, 2.24) is 20.1 Å². The molecule has 1 saturated heterocycles. The Balaban J connectivity index is 1.39. The molecule has 0 spiro atoms. The minimum absolute atomic E-state index is 0.0396. The van der Waals surface area contributed by atoms with Crippen molar-refractivity contribution in [3.63, 3.8) is 0 Å². The van der Waals surface area contributed by atoms with Crippen LogP contribution in [0.4, 0.5) is 0 Å². The smallest absolute Gasteiger partial charge is 0.234 e. The molecule has 0 unspecified atom stereocenters. The van der Waals surface area contributed by atoms with Crippen LogP contribution >= 0.6 is 0 Å². The van der Waals surface area contributed by atoms with Crippen molar-refractivity contribution in [3.8, 4) is 5.75 Å². The van der Waals surface area contributed by atoms with E-state index in [-0.39, 0.29) is 18.1 Å². The van der Waals surface area contributed by atoms with Crippen molar-refractivity contribution >= 4 is 5.91 Å². The minimum atomic E-state index is 0.0396. The lowest BCUT2D eigenvalue weighted by Crippen LogP contribution is -2.46. The lowest BCUT2D eigenvalue weighted by molar-refractivity contribution is -0.122. The van der Waals surface area contributed by atoms with Crippen LogP contribution < -0.4 is 10.1 Å². The number of hydrogen-bond acceptors (Lipinski definition) is 6. The van der Waals surface area contributed by atoms with Crippen LogP contribution in [0.5, 0.6) is 5.75 Å². The van der Waals surface area contributed by atoms with E-state index in [2.05, 4.69) is 33.1 Å². The van der Waals surface area contributed by atoms with Gasteiger partial charge in [-0.15, -0.1) is 0 Å². The summed E-state index contributed by atoms with van der Waals surface area (Å²) in [6.07, 6.45) is 5.18. The topological polar surface area (TPSA) is 66.9 Å². The number of fused-ring (bicyclic) bond motifs is 1. The number of morpholine rings is 1. The van der Waals surface area contributed by atoms with Crippen molar-refractivity contribution in [1.29, 1.82) is 0 Å². The molecule has 0 bridgehead atoms. The Bertz CT molecular complexity index is 873. The van der Waals surface area contributed by atoms with Gasteiger partial charge in [-0.2, -0.15) is 0 Å². The number of unbranched alkanes of at least 4 members (excludes halogenated alkanes) is 1. The van der Waals surface area contributed by atoms with Gasteiger partial charge in [0.15, 0.2) is 0 Å². The molecule has 2 aliphatic rings. The normalized spacial score (nSPS) is 20.3. The van der Waals surface area contributed by atoms with Crippen LogP contribution in [0.15, 0.2) is 48.7 Å². The Kier molecular flexibility index (Phi) is 8.69. The number of para-hydroxylation sites is 1. The number of benzene rings is 1. The van der Waals surface area contributed by atoms with Gasteiger partial charge in [0.1, 0.15) is 11.9 Å². The van der Waals surface area contributed by atoms with Gasteiger partial charge in [0.05, 0.1) is 31.5 Å². The van der Waals surface area contributed by atoms with E-state index in [0.717, 1.165) is 62.4 Å². The Morgan fingerprint density at radius 2 is 2.00 bits per heavy atom. The van der Waals surface area contributed by atoms with Gasteiger partial charge >= 0.3 is 0 Å². The second kappa shape index (κ2) is 12.1. The number of nitrogens with zero attached hydrogens (tertiary/aromatic N) is 3. The molecule has 1 amide bonds. The molecule has 2 atom stereocenters. The Morgan fingerprint density at radius 3 is 2.79 bits per heavy atom. The number of ether oxygens (including phenoxy) is 2. The summed E-state index contributed by atoms with van der Waals surface area (Å²) in [7, 11) is 0. The Hall–Kier alpha value is -2.48. The van der Waals surface area contributed by atoms with E-state index < -0.39 is 0 Å². The standard InChI is InChI=1S/C26H36N4O3/c1-2-3-9-22-19-29(18-21-8-4-5-11-25(21)33-22)20-26(31)28-17-24(23-10-6-7-12-27-23)30-13-15-32-16-14-30/h4-8,10-12,22,24H,2-3,9,13-20H2,1H3,(H,28,31)/t22-,24-/m1/s1. The average molecular weight is 453 g/mol. The predicted octanol–water partition coefficient (Wildman–Crippen LogP) is 3.02. The third kappa shape index (κ3) is 6.76. The molecule has 2 aliphatic heterocycles. The third-order valence-corrected chi connectivity index (χ3v) is 6.38. The van der Waals surface area contributed by atoms with Crippen LogP contribution in [0.1, 0.15) is 43.5 Å². The summed E-state index contributed by atoms with van der Waals surface area (Å²) in [5.74, 6) is 0.988. The highest BCUT2D eigenvalue weighted by molar-refractivity contribution is 5.78. The van der Waals surface area contributed by atoms with Crippen LogP contribution in [-0.4, -0.2) is 72.7 Å². The summed E-state index contributed by atoms with van der Waals surface area (Å²) < 4.78 is 11.8. The molecule has 2 aromatic rings. The molecule has 1 aromatic carbocycles. The number of hydrogen-bond donors (Lipinski definition) is 1. The van der Waals surface area contributed by atoms with Crippen molar-refractivity contribution in [2.24, 2.45) is 0 Å². The van der Waals surface area contributed by atoms with Gasteiger partial charge in [-0.1, -0.05) is 37.6 Å². The van der Waals surface area contributed by atoms with Crippen LogP contribution in [0, 0.1) is 0 Å². The number of nitrogens with one attached hydrogen (secondary N) is 1. The highest BCUT2D eigenvalue weighted by atomic mass is 16.5. The van der Waals surface area contributed by atoms with Gasteiger partial charge < -0.3 is 14.8 Å². The first-order valence-electron chi connectivity index (χ1n) is 12.2. The predicted molar refractivity (Wildman–Crippen MR) is 128 cm³/mol. The molecular formula is C26H36N4O3. The molecular weight excluding hydrogens is 416 g/mol. The number of carbonyl (C=O) groups is 1. The molecule has 7 heteroatoms. The zero-order valence-corrected chi connectivity index (χ0v) is 19.6. The van der Waals surface area contributed by atoms with Gasteiger partial charge in [0.25, 0.3) is 0 Å². The van der Waals surface area contributed by atoms with Crippen molar-refractivity contribution < 1.29 is 14.3 Å². The monoisotopic (exact) mass is 452 g/mol. The maximum Gasteiger partial charge on any atom is 0.234 e. The number of carbonyl (C=O) groups excluding carboxylic acids is 1. The van der Waals surface area contributed by atoms with Crippen molar-refractivity contribution in [3.05, 3.63) is 59.9 Å². The molecule has 33 heavy (non-hydrogen) atoms. The number of rotatable bonds is 9. The first kappa shape index (κ1) is 23.7. The van der Waals surface area contributed by atoms with Gasteiger partial charge in [-0.05, 0) is 31.0 Å². The molecule has 0 saturated carbocycles. The van der Waals surface area contributed by atoms with Gasteiger partial charge in [0.2, 0.25) is 5.91 Å². The molecule has 4 rings (SSSR count). The summed E-state index contributed by atoms with van der Waals surface area (Å²) in [4.78, 5) is 22.1. The fourth-order valence-corrected chi connectivity index (χ4v) is 4.61. The molecule has 178 valence electrons. The van der Waals surface area contributed by atoms with Crippen molar-refractivity contribution in [2.45, 2.75) is 44.9 Å². The zero-order valence-electron chi connectivity index (χ0n) is 19.6. The highest BCUT2D eigenvalue weighted by Gasteiger charge is 2.26. The summed E-state index contributed by atoms with van der Waals surface area (Å²) in [5.41, 5.74) is 2.13. The van der Waals surface area contributed by atoms with E-state index in [4.69, 9.17) is 9.47 Å². The second-order valence-electron chi connectivity index (χ2n) is 8.88. The molecule has 3 heterocycles. The summed E-state index contributed by atoms with van der Waals surface area (Å²) in [6, 6.07) is 14.2. The van der Waals surface area contributed by atoms with E-state index in [0.29, 0.717) is 26.3 Å². The Labute approximate surface area is 197 Å². The maximum absolute atomic E-state index is 13.0. The summed E-state index contributed by atoms with van der Waals surface area (Å²) in [6.45, 7) is 7.69. The molecule has 1 fully saturated rings. The number of pyridine rings is 1. The van der Waals surface area contributed by atoms with Crippen LogP contribution in [0.3, 0.4) is 0 Å². The van der Waals surface area contributed by atoms with Crippen LogP contribution in [0.25, 0.3) is 0 Å². The van der Waals surface area contributed by atoms with E-state index in [1.54, 1.807) is 0 Å².